The number of hydrogen-bond acceptors (Lipinski definition) is 3. The Morgan fingerprint density at radius 2 is 1.95 bits per heavy atom. The second-order valence-electron chi connectivity index (χ2n) is 5.45. The predicted molar refractivity (Wildman–Crippen MR) is 78.7 cm³/mol. The normalized spacial score (nSPS) is 17.2. The largest absolute Gasteiger partial charge is 0.282 e. The molecule has 0 bridgehead atoms. The van der Waals surface area contributed by atoms with Gasteiger partial charge in [-0.3, -0.25) is 5.10 Å². The van der Waals surface area contributed by atoms with Crippen molar-refractivity contribution in [2.45, 2.75) is 39.5 Å². The van der Waals surface area contributed by atoms with Gasteiger partial charge in [-0.25, -0.2) is 0 Å². The highest BCUT2D eigenvalue weighted by molar-refractivity contribution is 7.86. The molecule has 0 atom stereocenters. The molecule has 1 aliphatic heterocycles. The summed E-state index contributed by atoms with van der Waals surface area (Å²) in [5.41, 5.74) is 3.29. The lowest BCUT2D eigenvalue weighted by Gasteiger charge is -2.23. The van der Waals surface area contributed by atoms with E-state index in [4.69, 9.17) is 0 Å². The van der Waals surface area contributed by atoms with Crippen LogP contribution >= 0.6 is 0 Å². The zero-order chi connectivity index (χ0) is 14.8. The fourth-order valence-corrected chi connectivity index (χ4v) is 4.13. The third-order valence-electron chi connectivity index (χ3n) is 3.97. The quantitative estimate of drug-likeness (QED) is 0.859. The average Bonchev–Trinajstić information content (AvgIpc) is 3.03. The summed E-state index contributed by atoms with van der Waals surface area (Å²) in [6, 6.07) is 0. The van der Waals surface area contributed by atoms with E-state index in [1.807, 2.05) is 13.8 Å². The Bertz CT molecular complexity index is 527. The molecule has 114 valence electrons. The molecular formula is C13H24N4O2S. The van der Waals surface area contributed by atoms with E-state index in [9.17, 15) is 8.42 Å². The molecule has 1 fully saturated rings. The van der Waals surface area contributed by atoms with Crippen molar-refractivity contribution in [2.75, 3.05) is 26.7 Å². The number of aromatic nitrogens is 2. The van der Waals surface area contributed by atoms with Crippen molar-refractivity contribution in [1.82, 2.24) is 18.8 Å². The summed E-state index contributed by atoms with van der Waals surface area (Å²) in [6.07, 6.45) is 3.61. The fraction of sp³-hybridized carbons (Fsp3) is 0.769. The third-order valence-corrected chi connectivity index (χ3v) is 5.95. The van der Waals surface area contributed by atoms with Crippen molar-refractivity contribution in [1.29, 1.82) is 0 Å². The minimum atomic E-state index is -3.26. The lowest BCUT2D eigenvalue weighted by atomic mass is 10.1. The second-order valence-corrected chi connectivity index (χ2v) is 7.49. The number of aryl methyl sites for hydroxylation is 2. The van der Waals surface area contributed by atoms with Crippen LogP contribution < -0.4 is 0 Å². The van der Waals surface area contributed by atoms with Crippen LogP contribution in [0.3, 0.4) is 0 Å². The molecule has 0 saturated carbocycles. The minimum Gasteiger partial charge on any atom is -0.282 e. The van der Waals surface area contributed by atoms with Crippen molar-refractivity contribution in [2.24, 2.45) is 0 Å². The molecule has 1 aliphatic rings. The van der Waals surface area contributed by atoms with Crippen LogP contribution in [0.25, 0.3) is 0 Å². The van der Waals surface area contributed by atoms with E-state index < -0.39 is 10.2 Å². The molecule has 1 saturated heterocycles. The first kappa shape index (κ1) is 15.5. The van der Waals surface area contributed by atoms with Crippen LogP contribution in [-0.4, -0.2) is 53.9 Å². The molecule has 1 aromatic heterocycles. The highest BCUT2D eigenvalue weighted by Crippen LogP contribution is 2.17. The van der Waals surface area contributed by atoms with E-state index in [0.29, 0.717) is 19.6 Å². The molecule has 0 radical (unpaired) electrons. The first-order chi connectivity index (χ1) is 9.43. The average molecular weight is 300 g/mol. The SMILES string of the molecule is Cc1n[nH]c(C)c1CCCN(C)S(=O)(=O)N1CCCC1. The Hall–Kier alpha value is -0.920. The van der Waals surface area contributed by atoms with Gasteiger partial charge in [0.2, 0.25) is 0 Å². The number of H-pyrrole nitrogens is 1. The molecule has 0 unspecified atom stereocenters. The van der Waals surface area contributed by atoms with Gasteiger partial charge in [0.15, 0.2) is 0 Å². The van der Waals surface area contributed by atoms with Gasteiger partial charge in [-0.2, -0.15) is 22.1 Å². The van der Waals surface area contributed by atoms with Crippen LogP contribution in [0.15, 0.2) is 0 Å². The fourth-order valence-electron chi connectivity index (χ4n) is 2.65. The molecular weight excluding hydrogens is 276 g/mol. The smallest absolute Gasteiger partial charge is 0.281 e. The predicted octanol–water partition coefficient (Wildman–Crippen LogP) is 1.23. The van der Waals surface area contributed by atoms with E-state index in [1.165, 1.54) is 9.87 Å². The molecule has 0 aliphatic carbocycles. The first-order valence-electron chi connectivity index (χ1n) is 7.15. The van der Waals surface area contributed by atoms with Gasteiger partial charge in [-0.05, 0) is 45.1 Å². The monoisotopic (exact) mass is 300 g/mol. The van der Waals surface area contributed by atoms with Crippen molar-refractivity contribution in [3.05, 3.63) is 17.0 Å². The first-order valence-corrected chi connectivity index (χ1v) is 8.54. The summed E-state index contributed by atoms with van der Waals surface area (Å²) in [7, 11) is -1.59. The molecule has 0 amide bonds. The highest BCUT2D eigenvalue weighted by atomic mass is 32.2. The van der Waals surface area contributed by atoms with Crippen molar-refractivity contribution in [3.63, 3.8) is 0 Å². The van der Waals surface area contributed by atoms with Crippen molar-refractivity contribution >= 4 is 10.2 Å². The highest BCUT2D eigenvalue weighted by Gasteiger charge is 2.28. The Morgan fingerprint density at radius 1 is 1.30 bits per heavy atom. The molecule has 6 nitrogen and oxygen atoms in total. The molecule has 1 N–H and O–H groups in total. The van der Waals surface area contributed by atoms with Crippen LogP contribution in [0.2, 0.25) is 0 Å². The van der Waals surface area contributed by atoms with Gasteiger partial charge in [0, 0.05) is 32.4 Å². The molecule has 2 heterocycles. The van der Waals surface area contributed by atoms with E-state index in [1.54, 1.807) is 11.4 Å². The molecule has 0 aromatic carbocycles. The van der Waals surface area contributed by atoms with Crippen LogP contribution in [0.5, 0.6) is 0 Å². The lowest BCUT2D eigenvalue weighted by Crippen LogP contribution is -2.40. The van der Waals surface area contributed by atoms with Crippen LogP contribution in [-0.2, 0) is 16.6 Å². The number of hydrogen-bond donors (Lipinski definition) is 1. The Labute approximate surface area is 121 Å². The van der Waals surface area contributed by atoms with E-state index in [2.05, 4.69) is 10.2 Å². The van der Waals surface area contributed by atoms with Crippen LogP contribution in [0, 0.1) is 13.8 Å². The zero-order valence-corrected chi connectivity index (χ0v) is 13.3. The Kier molecular flexibility index (Phi) is 4.82. The topological polar surface area (TPSA) is 69.3 Å². The van der Waals surface area contributed by atoms with Crippen molar-refractivity contribution < 1.29 is 8.42 Å². The van der Waals surface area contributed by atoms with Gasteiger partial charge in [-0.1, -0.05) is 0 Å². The van der Waals surface area contributed by atoms with Gasteiger partial charge in [0.05, 0.1) is 5.69 Å². The maximum Gasteiger partial charge on any atom is 0.281 e. The summed E-state index contributed by atoms with van der Waals surface area (Å²) >= 11 is 0. The van der Waals surface area contributed by atoms with E-state index in [0.717, 1.165) is 37.1 Å². The summed E-state index contributed by atoms with van der Waals surface area (Å²) in [5.74, 6) is 0. The van der Waals surface area contributed by atoms with Gasteiger partial charge in [0.25, 0.3) is 10.2 Å². The number of aromatic amines is 1. The number of nitrogens with zero attached hydrogens (tertiary/aromatic N) is 3. The third kappa shape index (κ3) is 3.21. The molecule has 20 heavy (non-hydrogen) atoms. The number of nitrogens with one attached hydrogen (secondary N) is 1. The summed E-state index contributed by atoms with van der Waals surface area (Å²) < 4.78 is 27.6. The summed E-state index contributed by atoms with van der Waals surface area (Å²) in [4.78, 5) is 0. The van der Waals surface area contributed by atoms with Crippen LogP contribution in [0.1, 0.15) is 36.2 Å². The van der Waals surface area contributed by atoms with Gasteiger partial charge in [-0.15, -0.1) is 0 Å². The molecule has 0 spiro atoms. The van der Waals surface area contributed by atoms with Gasteiger partial charge in [0.1, 0.15) is 0 Å². The van der Waals surface area contributed by atoms with Crippen LogP contribution in [0.4, 0.5) is 0 Å². The maximum absolute atomic E-state index is 12.3. The molecule has 1 aromatic rings. The van der Waals surface area contributed by atoms with Gasteiger partial charge >= 0.3 is 0 Å². The second kappa shape index (κ2) is 6.24. The summed E-state index contributed by atoms with van der Waals surface area (Å²) in [5, 5.41) is 7.12. The van der Waals surface area contributed by atoms with E-state index >= 15 is 0 Å². The molecule has 2 rings (SSSR count). The van der Waals surface area contributed by atoms with Gasteiger partial charge < -0.3 is 0 Å². The minimum absolute atomic E-state index is 0.545. The zero-order valence-electron chi connectivity index (χ0n) is 12.5. The maximum atomic E-state index is 12.3. The Balaban J connectivity index is 1.87. The lowest BCUT2D eigenvalue weighted by molar-refractivity contribution is 0.391. The van der Waals surface area contributed by atoms with E-state index in [-0.39, 0.29) is 0 Å². The summed E-state index contributed by atoms with van der Waals surface area (Å²) in [6.45, 7) is 5.84. The van der Waals surface area contributed by atoms with Crippen molar-refractivity contribution in [3.8, 4) is 0 Å². The Morgan fingerprint density at radius 3 is 2.50 bits per heavy atom. The standard InChI is InChI=1S/C13H24N4O2S/c1-11-13(12(2)15-14-11)7-6-8-16(3)20(18,19)17-9-4-5-10-17/h4-10H2,1-3H3,(H,14,15). The number of rotatable bonds is 6. The molecule has 7 heteroatoms.